The Bertz CT molecular complexity index is 872. The molecule has 1 aromatic carbocycles. The average molecular weight is 453 g/mol. The summed E-state index contributed by atoms with van der Waals surface area (Å²) >= 11 is 0. The van der Waals surface area contributed by atoms with Gasteiger partial charge in [-0.25, -0.2) is 18.4 Å². The predicted octanol–water partition coefficient (Wildman–Crippen LogP) is 3.08. The number of nitrogens with one attached hydrogen (secondary N) is 2. The van der Waals surface area contributed by atoms with E-state index < -0.39 is 17.7 Å². The Kier molecular flexibility index (Phi) is 7.73. The van der Waals surface area contributed by atoms with Crippen LogP contribution in [-0.2, 0) is 9.57 Å². The van der Waals surface area contributed by atoms with Gasteiger partial charge in [0, 0.05) is 50.4 Å². The molecule has 11 heteroatoms. The van der Waals surface area contributed by atoms with Crippen LogP contribution in [0.1, 0.15) is 33.1 Å². The molecule has 3 rings (SSSR count). The van der Waals surface area contributed by atoms with Gasteiger partial charge in [0.15, 0.2) is 0 Å². The van der Waals surface area contributed by atoms with Crippen LogP contribution in [0.25, 0.3) is 0 Å². The van der Waals surface area contributed by atoms with E-state index in [-0.39, 0.29) is 29.7 Å². The van der Waals surface area contributed by atoms with Crippen molar-refractivity contribution in [3.8, 4) is 0 Å². The van der Waals surface area contributed by atoms with Crippen molar-refractivity contribution in [3.05, 3.63) is 35.5 Å². The van der Waals surface area contributed by atoms with Gasteiger partial charge in [-0.05, 0) is 32.8 Å². The predicted molar refractivity (Wildman–Crippen MR) is 115 cm³/mol. The van der Waals surface area contributed by atoms with Crippen LogP contribution in [-0.4, -0.2) is 55.4 Å². The Morgan fingerprint density at radius 2 is 1.88 bits per heavy atom. The van der Waals surface area contributed by atoms with Crippen molar-refractivity contribution in [3.63, 3.8) is 0 Å². The second-order valence-corrected chi connectivity index (χ2v) is 8.04. The van der Waals surface area contributed by atoms with Crippen LogP contribution in [0.3, 0.4) is 0 Å². The number of primary amides is 1. The third-order valence-corrected chi connectivity index (χ3v) is 5.24. The first-order valence-corrected chi connectivity index (χ1v) is 10.6. The Morgan fingerprint density at radius 1 is 1.16 bits per heavy atom. The smallest absolute Gasteiger partial charge is 0.410 e. The third kappa shape index (κ3) is 6.22. The Labute approximate surface area is 185 Å². The number of halogens is 2. The van der Waals surface area contributed by atoms with Gasteiger partial charge in [-0.2, -0.15) is 0 Å². The molecule has 0 spiro atoms. The number of rotatable bonds is 6. The molecule has 0 aliphatic carbocycles. The van der Waals surface area contributed by atoms with Crippen LogP contribution in [0.15, 0.2) is 23.9 Å². The maximum Gasteiger partial charge on any atom is 0.410 e. The van der Waals surface area contributed by atoms with Gasteiger partial charge >= 0.3 is 12.1 Å². The summed E-state index contributed by atoms with van der Waals surface area (Å²) in [4.78, 5) is 31.9. The summed E-state index contributed by atoms with van der Waals surface area (Å²) < 4.78 is 33.8. The van der Waals surface area contributed by atoms with E-state index in [0.29, 0.717) is 45.4 Å². The first-order chi connectivity index (χ1) is 15.2. The van der Waals surface area contributed by atoms with Crippen LogP contribution < -0.4 is 21.4 Å². The van der Waals surface area contributed by atoms with Crippen LogP contribution >= 0.6 is 0 Å². The van der Waals surface area contributed by atoms with E-state index in [9.17, 15) is 18.4 Å². The first kappa shape index (κ1) is 23.6. The molecule has 0 bridgehead atoms. The minimum absolute atomic E-state index is 0.0335. The number of piperidine rings is 1. The number of ether oxygens (including phenoxy) is 1. The van der Waals surface area contributed by atoms with Gasteiger partial charge in [-0.3, -0.25) is 10.3 Å². The lowest BCUT2D eigenvalue weighted by atomic mass is 10.1. The zero-order valence-corrected chi connectivity index (χ0v) is 18.2. The Balaban J connectivity index is 1.47. The van der Waals surface area contributed by atoms with Gasteiger partial charge in [0.1, 0.15) is 11.6 Å². The number of carbonyl (C=O) groups is 2. The summed E-state index contributed by atoms with van der Waals surface area (Å²) in [7, 11) is 0. The fourth-order valence-electron chi connectivity index (χ4n) is 3.58. The number of anilines is 2. The average Bonchev–Trinajstić information content (AvgIpc) is 2.74. The van der Waals surface area contributed by atoms with E-state index in [1.54, 1.807) is 9.80 Å². The van der Waals surface area contributed by atoms with Crippen molar-refractivity contribution < 1.29 is 27.9 Å². The number of likely N-dealkylation sites (tertiary alicyclic amines) is 1. The molecule has 1 fully saturated rings. The van der Waals surface area contributed by atoms with Crippen molar-refractivity contribution in [2.75, 3.05) is 36.4 Å². The normalized spacial score (nSPS) is 17.2. The van der Waals surface area contributed by atoms with E-state index in [1.165, 1.54) is 0 Å². The monoisotopic (exact) mass is 453 g/mol. The molecule has 2 aliphatic heterocycles. The standard InChI is InChI=1S/C21H29F2N5O4/c1-13(2)31-21(30)28-9-5-15(6-10-28)32-26-14-3-7-27(8-4-14)19-12-16(22)18(11-17(19)23)25-20(24)29/h3,11-13,15,26H,4-10H2,1-2H3,(H3,24,25,29). The van der Waals surface area contributed by atoms with Crippen LogP contribution in [0.5, 0.6) is 0 Å². The molecule has 2 aliphatic rings. The van der Waals surface area contributed by atoms with Crippen molar-refractivity contribution in [2.24, 2.45) is 5.73 Å². The molecule has 9 nitrogen and oxygen atoms in total. The topological polar surface area (TPSA) is 109 Å². The van der Waals surface area contributed by atoms with Crippen molar-refractivity contribution in [1.82, 2.24) is 10.4 Å². The second kappa shape index (κ2) is 10.5. The molecule has 1 saturated heterocycles. The van der Waals surface area contributed by atoms with Gasteiger partial charge in [0.2, 0.25) is 0 Å². The van der Waals surface area contributed by atoms with Crippen molar-refractivity contribution in [2.45, 2.75) is 45.3 Å². The lowest BCUT2D eigenvalue weighted by molar-refractivity contribution is -0.0415. The number of urea groups is 1. The quantitative estimate of drug-likeness (QED) is 0.571. The molecule has 0 unspecified atom stereocenters. The van der Waals surface area contributed by atoms with Gasteiger partial charge in [0.25, 0.3) is 0 Å². The zero-order chi connectivity index (χ0) is 23.3. The number of carbonyl (C=O) groups excluding carboxylic acids is 2. The highest BCUT2D eigenvalue weighted by Crippen LogP contribution is 2.28. The summed E-state index contributed by atoms with van der Waals surface area (Å²) in [6, 6.07) is 0.995. The van der Waals surface area contributed by atoms with E-state index in [4.69, 9.17) is 15.3 Å². The minimum atomic E-state index is -0.964. The molecular weight excluding hydrogens is 424 g/mol. The SMILES string of the molecule is CC(C)OC(=O)N1CCC(ONC2=CCN(c3cc(F)c(NC(N)=O)cc3F)CC2)CC1. The van der Waals surface area contributed by atoms with Gasteiger partial charge < -0.3 is 25.6 Å². The summed E-state index contributed by atoms with van der Waals surface area (Å²) in [5.74, 6) is -1.42. The summed E-state index contributed by atoms with van der Waals surface area (Å²) in [6.45, 7) is 5.59. The molecule has 4 N–H and O–H groups in total. The number of hydrogen-bond donors (Lipinski definition) is 3. The largest absolute Gasteiger partial charge is 0.447 e. The number of hydrogen-bond acceptors (Lipinski definition) is 6. The summed E-state index contributed by atoms with van der Waals surface area (Å²) in [5.41, 5.74) is 8.59. The maximum atomic E-state index is 14.4. The van der Waals surface area contributed by atoms with Crippen LogP contribution in [0, 0.1) is 11.6 Å². The van der Waals surface area contributed by atoms with Crippen molar-refractivity contribution in [1.29, 1.82) is 0 Å². The van der Waals surface area contributed by atoms with Gasteiger partial charge in [0.05, 0.1) is 23.6 Å². The molecule has 0 saturated carbocycles. The number of nitrogens with zero attached hydrogens (tertiary/aromatic N) is 2. The Hall–Kier alpha value is -3.08. The van der Waals surface area contributed by atoms with E-state index in [2.05, 4.69) is 10.8 Å². The lowest BCUT2D eigenvalue weighted by Gasteiger charge is -2.33. The number of hydroxylamine groups is 1. The molecule has 32 heavy (non-hydrogen) atoms. The molecule has 1 aromatic rings. The fourth-order valence-corrected chi connectivity index (χ4v) is 3.58. The Morgan fingerprint density at radius 3 is 2.47 bits per heavy atom. The molecule has 0 aromatic heterocycles. The highest BCUT2D eigenvalue weighted by molar-refractivity contribution is 5.88. The molecule has 2 heterocycles. The summed E-state index contributed by atoms with van der Waals surface area (Å²) in [5, 5.41) is 2.05. The van der Waals surface area contributed by atoms with Gasteiger partial charge in [-0.1, -0.05) is 0 Å². The van der Waals surface area contributed by atoms with E-state index in [0.717, 1.165) is 17.8 Å². The summed E-state index contributed by atoms with van der Waals surface area (Å²) in [6.07, 6.45) is 3.31. The lowest BCUT2D eigenvalue weighted by Crippen LogP contribution is -2.43. The molecule has 176 valence electrons. The number of amides is 3. The van der Waals surface area contributed by atoms with Crippen LogP contribution in [0.2, 0.25) is 0 Å². The van der Waals surface area contributed by atoms with Crippen LogP contribution in [0.4, 0.5) is 29.7 Å². The first-order valence-electron chi connectivity index (χ1n) is 10.6. The maximum absolute atomic E-state index is 14.4. The highest BCUT2D eigenvalue weighted by Gasteiger charge is 2.26. The number of nitrogens with two attached hydrogens (primary N) is 1. The van der Waals surface area contributed by atoms with Crippen molar-refractivity contribution >= 4 is 23.5 Å². The minimum Gasteiger partial charge on any atom is -0.447 e. The second-order valence-electron chi connectivity index (χ2n) is 8.04. The highest BCUT2D eigenvalue weighted by atomic mass is 19.1. The third-order valence-electron chi connectivity index (χ3n) is 5.24. The van der Waals surface area contributed by atoms with E-state index in [1.807, 2.05) is 19.9 Å². The fraction of sp³-hybridized carbons (Fsp3) is 0.524. The molecular formula is C21H29F2N5O4. The number of benzene rings is 1. The van der Waals surface area contributed by atoms with Gasteiger partial charge in [-0.15, -0.1) is 0 Å². The molecule has 0 radical (unpaired) electrons. The van der Waals surface area contributed by atoms with E-state index >= 15 is 0 Å². The zero-order valence-electron chi connectivity index (χ0n) is 18.2. The molecule has 0 atom stereocenters. The molecule has 3 amide bonds.